The first kappa shape index (κ1) is 10.8. The van der Waals surface area contributed by atoms with E-state index in [4.69, 9.17) is 4.74 Å². The Kier molecular flexibility index (Phi) is 3.73. The van der Waals surface area contributed by atoms with Crippen molar-refractivity contribution in [2.24, 2.45) is 0 Å². The normalized spacial score (nSPS) is 22.4. The minimum atomic E-state index is -0.887. The van der Waals surface area contributed by atoms with E-state index in [1.165, 1.54) is 0 Å². The zero-order valence-corrected chi connectivity index (χ0v) is 8.32. The van der Waals surface area contributed by atoms with E-state index in [9.17, 15) is 9.59 Å². The number of ether oxygens (including phenoxy) is 3. The number of esters is 1. The van der Waals surface area contributed by atoms with Crippen molar-refractivity contribution in [3.8, 4) is 0 Å². The maximum absolute atomic E-state index is 11.3. The van der Waals surface area contributed by atoms with Gasteiger partial charge in [-0.25, -0.2) is 9.59 Å². The Labute approximate surface area is 82.3 Å². The lowest BCUT2D eigenvalue weighted by atomic mass is 10.2. The Hall–Kier alpha value is -1.26. The van der Waals surface area contributed by atoms with Crippen molar-refractivity contribution in [1.29, 1.82) is 0 Å². The van der Waals surface area contributed by atoms with Gasteiger partial charge in [0.05, 0.1) is 6.10 Å². The molecule has 1 saturated heterocycles. The smallest absolute Gasteiger partial charge is 0.460 e. The summed E-state index contributed by atoms with van der Waals surface area (Å²) in [5, 5.41) is 0. The molecule has 2 atom stereocenters. The molecule has 0 aliphatic carbocycles. The summed E-state index contributed by atoms with van der Waals surface area (Å²) in [5.41, 5.74) is 0. The molecule has 5 nitrogen and oxygen atoms in total. The summed E-state index contributed by atoms with van der Waals surface area (Å²) in [6.45, 7) is 3.76. The van der Waals surface area contributed by atoms with Crippen LogP contribution in [0.4, 0.5) is 4.79 Å². The molecule has 1 fully saturated rings. The van der Waals surface area contributed by atoms with Crippen LogP contribution in [0.2, 0.25) is 0 Å². The molecule has 0 aromatic rings. The van der Waals surface area contributed by atoms with Crippen LogP contribution in [0.3, 0.4) is 0 Å². The van der Waals surface area contributed by atoms with Crippen LogP contribution in [0, 0.1) is 0 Å². The van der Waals surface area contributed by atoms with Gasteiger partial charge in [0.25, 0.3) is 0 Å². The molecule has 1 aliphatic heterocycles. The lowest BCUT2D eigenvalue weighted by Crippen LogP contribution is -2.28. The third-order valence-electron chi connectivity index (χ3n) is 1.87. The molecule has 1 heterocycles. The second-order valence-electron chi connectivity index (χ2n) is 3.20. The molecule has 5 heteroatoms. The summed E-state index contributed by atoms with van der Waals surface area (Å²) in [6.07, 6.45) is -0.105. The van der Waals surface area contributed by atoms with Gasteiger partial charge < -0.3 is 14.2 Å². The van der Waals surface area contributed by atoms with Crippen LogP contribution in [0.25, 0.3) is 0 Å². The van der Waals surface area contributed by atoms with E-state index in [0.717, 1.165) is 12.8 Å². The first-order chi connectivity index (χ1) is 6.63. The Morgan fingerprint density at radius 2 is 2.43 bits per heavy atom. The van der Waals surface area contributed by atoms with E-state index >= 15 is 0 Å². The molecular weight excluding hydrogens is 188 g/mol. The number of rotatable bonds is 4. The van der Waals surface area contributed by atoms with Gasteiger partial charge in [-0.1, -0.05) is 13.3 Å². The Morgan fingerprint density at radius 1 is 1.71 bits per heavy atom. The average molecular weight is 202 g/mol. The fourth-order valence-corrected chi connectivity index (χ4v) is 1.18. The fraction of sp³-hybridized carbons (Fsp3) is 0.778. The lowest BCUT2D eigenvalue weighted by Gasteiger charge is -2.13. The zero-order chi connectivity index (χ0) is 10.6. The summed E-state index contributed by atoms with van der Waals surface area (Å²) in [6, 6.07) is 0. The molecule has 0 radical (unpaired) electrons. The van der Waals surface area contributed by atoms with Crippen LogP contribution < -0.4 is 0 Å². The Bertz CT molecular complexity index is 225. The highest BCUT2D eigenvalue weighted by Gasteiger charge is 2.33. The van der Waals surface area contributed by atoms with Crippen LogP contribution in [-0.2, 0) is 19.0 Å². The molecule has 0 aromatic carbocycles. The topological polar surface area (TPSA) is 61.8 Å². The standard InChI is InChI=1S/C9H14O5/c1-3-4-6(2)13-8(10)7-5-12-9(11)14-7/h6-7H,3-5H2,1-2H3. The summed E-state index contributed by atoms with van der Waals surface area (Å²) in [4.78, 5) is 21.8. The van der Waals surface area contributed by atoms with Crippen molar-refractivity contribution in [3.05, 3.63) is 0 Å². The molecule has 2 unspecified atom stereocenters. The van der Waals surface area contributed by atoms with Crippen LogP contribution >= 0.6 is 0 Å². The fourth-order valence-electron chi connectivity index (χ4n) is 1.18. The summed E-state index contributed by atoms with van der Waals surface area (Å²) in [7, 11) is 0. The minimum absolute atomic E-state index is 0.0451. The van der Waals surface area contributed by atoms with Gasteiger partial charge in [-0.3, -0.25) is 0 Å². The van der Waals surface area contributed by atoms with E-state index in [1.54, 1.807) is 6.92 Å². The molecule has 0 amide bonds. The molecule has 80 valence electrons. The highest BCUT2D eigenvalue weighted by Crippen LogP contribution is 2.10. The predicted octanol–water partition coefficient (Wildman–Crippen LogP) is 1.25. The number of hydrogen-bond acceptors (Lipinski definition) is 5. The number of carbonyl (C=O) groups is 2. The van der Waals surface area contributed by atoms with Crippen LogP contribution in [0.5, 0.6) is 0 Å². The first-order valence-electron chi connectivity index (χ1n) is 4.67. The van der Waals surface area contributed by atoms with Gasteiger partial charge in [0.15, 0.2) is 0 Å². The molecule has 0 saturated carbocycles. The van der Waals surface area contributed by atoms with E-state index < -0.39 is 18.2 Å². The Morgan fingerprint density at radius 3 is 2.93 bits per heavy atom. The van der Waals surface area contributed by atoms with E-state index in [2.05, 4.69) is 9.47 Å². The second kappa shape index (κ2) is 4.83. The number of carbonyl (C=O) groups excluding carboxylic acids is 2. The minimum Gasteiger partial charge on any atom is -0.460 e. The second-order valence-corrected chi connectivity index (χ2v) is 3.20. The van der Waals surface area contributed by atoms with Crippen molar-refractivity contribution in [2.45, 2.75) is 38.9 Å². The SMILES string of the molecule is CCCC(C)OC(=O)C1COC(=O)O1. The van der Waals surface area contributed by atoms with Crippen molar-refractivity contribution >= 4 is 12.1 Å². The molecular formula is C9H14O5. The van der Waals surface area contributed by atoms with Gasteiger partial charge in [-0.05, 0) is 13.3 Å². The monoisotopic (exact) mass is 202 g/mol. The van der Waals surface area contributed by atoms with Crippen LogP contribution in [-0.4, -0.2) is 30.9 Å². The predicted molar refractivity (Wildman–Crippen MR) is 46.7 cm³/mol. The molecule has 1 aliphatic rings. The summed E-state index contributed by atoms with van der Waals surface area (Å²) >= 11 is 0. The van der Waals surface area contributed by atoms with Gasteiger partial charge in [0.1, 0.15) is 6.61 Å². The summed E-state index contributed by atoms with van der Waals surface area (Å²) < 4.78 is 14.1. The van der Waals surface area contributed by atoms with Crippen molar-refractivity contribution in [1.82, 2.24) is 0 Å². The first-order valence-corrected chi connectivity index (χ1v) is 4.67. The number of cyclic esters (lactones) is 2. The maximum Gasteiger partial charge on any atom is 0.509 e. The van der Waals surface area contributed by atoms with Crippen LogP contribution in [0.1, 0.15) is 26.7 Å². The zero-order valence-electron chi connectivity index (χ0n) is 8.32. The third-order valence-corrected chi connectivity index (χ3v) is 1.87. The molecule has 0 spiro atoms. The van der Waals surface area contributed by atoms with E-state index in [1.807, 2.05) is 6.92 Å². The largest absolute Gasteiger partial charge is 0.509 e. The molecule has 14 heavy (non-hydrogen) atoms. The van der Waals surface area contributed by atoms with Gasteiger partial charge in [0.2, 0.25) is 6.10 Å². The van der Waals surface area contributed by atoms with Crippen LogP contribution in [0.15, 0.2) is 0 Å². The Balaban J connectivity index is 2.31. The van der Waals surface area contributed by atoms with Crippen molar-refractivity contribution < 1.29 is 23.8 Å². The van der Waals surface area contributed by atoms with Crippen molar-refractivity contribution in [2.75, 3.05) is 6.61 Å². The maximum atomic E-state index is 11.3. The van der Waals surface area contributed by atoms with E-state index in [-0.39, 0.29) is 12.7 Å². The highest BCUT2D eigenvalue weighted by atomic mass is 16.8. The van der Waals surface area contributed by atoms with Gasteiger partial charge >= 0.3 is 12.1 Å². The van der Waals surface area contributed by atoms with Gasteiger partial charge in [0, 0.05) is 0 Å². The lowest BCUT2D eigenvalue weighted by molar-refractivity contribution is -0.156. The van der Waals surface area contributed by atoms with E-state index in [0.29, 0.717) is 0 Å². The average Bonchev–Trinajstić information content (AvgIpc) is 2.52. The highest BCUT2D eigenvalue weighted by molar-refractivity contribution is 5.79. The molecule has 0 aromatic heterocycles. The van der Waals surface area contributed by atoms with Gasteiger partial charge in [-0.15, -0.1) is 0 Å². The summed E-state index contributed by atoms with van der Waals surface area (Å²) in [5.74, 6) is -0.531. The third kappa shape index (κ3) is 2.90. The number of hydrogen-bond donors (Lipinski definition) is 0. The molecule has 0 bridgehead atoms. The molecule has 0 N–H and O–H groups in total. The van der Waals surface area contributed by atoms with Crippen molar-refractivity contribution in [3.63, 3.8) is 0 Å². The quantitative estimate of drug-likeness (QED) is 0.642. The van der Waals surface area contributed by atoms with Gasteiger partial charge in [-0.2, -0.15) is 0 Å². The molecule has 1 rings (SSSR count).